The van der Waals surface area contributed by atoms with E-state index in [4.69, 9.17) is 0 Å². The van der Waals surface area contributed by atoms with Crippen molar-refractivity contribution in [2.75, 3.05) is 16.3 Å². The third kappa shape index (κ3) is 4.65. The highest BCUT2D eigenvalue weighted by molar-refractivity contribution is 7.92. The normalized spacial score (nSPS) is 14.6. The van der Waals surface area contributed by atoms with Gasteiger partial charge in [-0.25, -0.2) is 12.8 Å². The van der Waals surface area contributed by atoms with Gasteiger partial charge in [-0.15, -0.1) is 4.40 Å². The number of hydrogen-bond donors (Lipinski definition) is 3. The van der Waals surface area contributed by atoms with Crippen LogP contribution in [0.3, 0.4) is 0 Å². The molecule has 1 aliphatic rings. The molecule has 37 heavy (non-hydrogen) atoms. The van der Waals surface area contributed by atoms with Crippen LogP contribution in [-0.2, 0) is 33.0 Å². The van der Waals surface area contributed by atoms with Crippen LogP contribution in [0.15, 0.2) is 68.8 Å². The van der Waals surface area contributed by atoms with Crippen LogP contribution in [0, 0.1) is 5.82 Å². The fourth-order valence-electron chi connectivity index (χ4n) is 3.96. The average molecular weight is 547 g/mol. The van der Waals surface area contributed by atoms with E-state index in [1.807, 2.05) is 0 Å². The Balaban J connectivity index is 1.59. The summed E-state index contributed by atoms with van der Waals surface area (Å²) in [6, 6.07) is 11.0. The van der Waals surface area contributed by atoms with Crippen molar-refractivity contribution in [1.82, 2.24) is 14.2 Å². The van der Waals surface area contributed by atoms with Gasteiger partial charge in [-0.1, -0.05) is 12.1 Å². The van der Waals surface area contributed by atoms with Gasteiger partial charge in [0.1, 0.15) is 21.9 Å². The van der Waals surface area contributed by atoms with Crippen LogP contribution in [0.5, 0.6) is 5.88 Å². The predicted octanol–water partition coefficient (Wildman–Crippen LogP) is 1.52. The second-order valence-corrected chi connectivity index (χ2v) is 11.6. The van der Waals surface area contributed by atoms with Gasteiger partial charge in [0, 0.05) is 18.3 Å². The lowest BCUT2D eigenvalue weighted by Crippen LogP contribution is -2.34. The molecule has 0 atom stereocenters. The van der Waals surface area contributed by atoms with Crippen LogP contribution in [0.1, 0.15) is 11.1 Å². The zero-order chi connectivity index (χ0) is 26.5. The Kier molecular flexibility index (Phi) is 5.75. The van der Waals surface area contributed by atoms with Crippen molar-refractivity contribution >= 4 is 42.9 Å². The Hall–Kier alpha value is -4.24. The van der Waals surface area contributed by atoms with Crippen molar-refractivity contribution in [2.45, 2.75) is 17.9 Å². The number of rotatable bonds is 6. The first-order valence-corrected chi connectivity index (χ1v) is 14.0. The number of halogens is 1. The number of anilines is 2. The molecule has 0 fully saturated rings. The molecule has 0 amide bonds. The minimum Gasteiger partial charge on any atom is -0.493 e. The highest BCUT2D eigenvalue weighted by Gasteiger charge is 2.31. The van der Waals surface area contributed by atoms with Gasteiger partial charge in [-0.3, -0.25) is 14.1 Å². The monoisotopic (exact) mass is 546 g/mol. The lowest BCUT2D eigenvalue weighted by molar-refractivity contribution is 0.428. The van der Waals surface area contributed by atoms with Gasteiger partial charge in [0.2, 0.25) is 15.9 Å². The number of aryl methyl sites for hydroxylation is 2. The molecular weight excluding hydrogens is 527 g/mol. The first-order chi connectivity index (χ1) is 17.4. The summed E-state index contributed by atoms with van der Waals surface area (Å²) in [4.78, 5) is 13.2. The van der Waals surface area contributed by atoms with Crippen molar-refractivity contribution in [3.63, 3.8) is 0 Å². The van der Waals surface area contributed by atoms with Gasteiger partial charge in [-0.05, 0) is 42.3 Å². The molecule has 3 heterocycles. The topological polar surface area (TPSA) is 164 Å². The maximum Gasteiger partial charge on any atom is 0.286 e. The third-order valence-corrected chi connectivity index (χ3v) is 7.51. The molecule has 0 unspecified atom stereocenters. The number of hydrogen-bond acceptors (Lipinski definition) is 8. The van der Waals surface area contributed by atoms with E-state index in [0.29, 0.717) is 6.42 Å². The Morgan fingerprint density at radius 3 is 2.57 bits per heavy atom. The van der Waals surface area contributed by atoms with E-state index in [-0.39, 0.29) is 28.5 Å². The van der Waals surface area contributed by atoms with E-state index in [1.165, 1.54) is 41.1 Å². The molecule has 192 valence electrons. The summed E-state index contributed by atoms with van der Waals surface area (Å²) in [5, 5.41) is 17.6. The van der Waals surface area contributed by atoms with E-state index in [0.717, 1.165) is 22.4 Å². The zero-order valence-corrected chi connectivity index (χ0v) is 20.7. The number of nitrogens with one attached hydrogen (secondary N) is 2. The minimum atomic E-state index is -4.40. The Bertz CT molecular complexity index is 1860. The van der Waals surface area contributed by atoms with Crippen LogP contribution in [0.2, 0.25) is 0 Å². The molecule has 0 radical (unpaired) electrons. The highest BCUT2D eigenvalue weighted by atomic mass is 32.2. The molecule has 0 bridgehead atoms. The van der Waals surface area contributed by atoms with E-state index >= 15 is 0 Å². The number of sulfonamides is 2. The number of aromatic hydroxyl groups is 1. The van der Waals surface area contributed by atoms with E-state index < -0.39 is 48.7 Å². The molecule has 3 N–H and O–H groups in total. The quantitative estimate of drug-likeness (QED) is 0.328. The molecule has 0 saturated carbocycles. The minimum absolute atomic E-state index is 0.00855. The number of fused-ring (bicyclic) bond motifs is 2. The maximum atomic E-state index is 13.5. The Labute approximate surface area is 209 Å². The van der Waals surface area contributed by atoms with Crippen LogP contribution < -0.4 is 15.6 Å². The fourth-order valence-corrected chi connectivity index (χ4v) is 5.67. The molecular formula is C22H19FN6O6S2. The molecule has 0 aliphatic carbocycles. The van der Waals surface area contributed by atoms with Gasteiger partial charge >= 0.3 is 0 Å². The molecule has 2 aromatic heterocycles. The number of nitrogens with zero attached hydrogens (tertiary/aromatic N) is 4. The summed E-state index contributed by atoms with van der Waals surface area (Å²) < 4.78 is 70.5. The second kappa shape index (κ2) is 8.70. The summed E-state index contributed by atoms with van der Waals surface area (Å²) in [5.74, 6) is -1.44. The standard InChI is InChI=1S/C22H19FN6O6S2/c1-36(32,33)26-15-6-7-16-17(12-15)37(34,35)27-20(25-16)19-21(30)28(18-8-10-24-29(18)22(19)31)11-9-13-2-4-14(23)5-3-13/h2-8,10,12,26,31H,9,11H2,1H3,(H,25,27). The first kappa shape index (κ1) is 24.5. The van der Waals surface area contributed by atoms with Crippen molar-refractivity contribution in [3.05, 3.63) is 82.0 Å². The molecule has 12 nitrogen and oxygen atoms in total. The van der Waals surface area contributed by atoms with Crippen LogP contribution in [-0.4, -0.2) is 48.2 Å². The summed E-state index contributed by atoms with van der Waals surface area (Å²) >= 11 is 0. The maximum absolute atomic E-state index is 13.5. The first-order valence-electron chi connectivity index (χ1n) is 10.7. The molecule has 2 aromatic carbocycles. The van der Waals surface area contributed by atoms with Crippen molar-refractivity contribution in [3.8, 4) is 5.88 Å². The van der Waals surface area contributed by atoms with Gasteiger partial charge in [-0.2, -0.15) is 18.0 Å². The van der Waals surface area contributed by atoms with E-state index in [1.54, 1.807) is 12.1 Å². The predicted molar refractivity (Wildman–Crippen MR) is 133 cm³/mol. The van der Waals surface area contributed by atoms with Crippen LogP contribution >= 0.6 is 0 Å². The SMILES string of the molecule is CS(=O)(=O)Nc1ccc2c(c1)S(=O)(=O)N=C(c1c(O)n3nccc3n(CCc3ccc(F)cc3)c1=O)N2. The lowest BCUT2D eigenvalue weighted by atomic mass is 10.1. The molecule has 0 spiro atoms. The molecule has 5 rings (SSSR count). The summed E-state index contributed by atoms with van der Waals surface area (Å²) in [5.41, 5.74) is -0.112. The highest BCUT2D eigenvalue weighted by Crippen LogP contribution is 2.32. The second-order valence-electron chi connectivity index (χ2n) is 8.26. The van der Waals surface area contributed by atoms with Crippen molar-refractivity contribution < 1.29 is 26.3 Å². The number of aromatic nitrogens is 3. The summed E-state index contributed by atoms with van der Waals surface area (Å²) in [7, 11) is -8.06. The average Bonchev–Trinajstić information content (AvgIpc) is 3.29. The van der Waals surface area contributed by atoms with Crippen LogP contribution in [0.4, 0.5) is 15.8 Å². The Morgan fingerprint density at radius 1 is 1.14 bits per heavy atom. The third-order valence-electron chi connectivity index (χ3n) is 5.58. The summed E-state index contributed by atoms with van der Waals surface area (Å²) in [6.07, 6.45) is 2.62. The largest absolute Gasteiger partial charge is 0.493 e. The number of amidine groups is 1. The smallest absolute Gasteiger partial charge is 0.286 e. The zero-order valence-electron chi connectivity index (χ0n) is 19.1. The van der Waals surface area contributed by atoms with E-state index in [2.05, 4.69) is 19.5 Å². The molecule has 15 heteroatoms. The molecule has 0 saturated heterocycles. The van der Waals surface area contributed by atoms with Gasteiger partial charge < -0.3 is 10.4 Å². The summed E-state index contributed by atoms with van der Waals surface area (Å²) in [6.45, 7) is 0.115. The Morgan fingerprint density at radius 2 is 1.86 bits per heavy atom. The van der Waals surface area contributed by atoms with E-state index in [9.17, 15) is 31.1 Å². The van der Waals surface area contributed by atoms with Crippen molar-refractivity contribution in [1.29, 1.82) is 0 Å². The van der Waals surface area contributed by atoms with Gasteiger partial charge in [0.25, 0.3) is 15.6 Å². The van der Waals surface area contributed by atoms with Crippen molar-refractivity contribution in [2.24, 2.45) is 4.40 Å². The van der Waals surface area contributed by atoms with Gasteiger partial charge in [0.15, 0.2) is 5.84 Å². The lowest BCUT2D eigenvalue weighted by Gasteiger charge is -2.20. The van der Waals surface area contributed by atoms with Crippen LogP contribution in [0.25, 0.3) is 5.65 Å². The van der Waals surface area contributed by atoms with Gasteiger partial charge in [0.05, 0.1) is 18.1 Å². The number of benzene rings is 2. The fraction of sp³-hybridized carbons (Fsp3) is 0.136. The molecule has 1 aliphatic heterocycles. The molecule has 4 aromatic rings.